The third kappa shape index (κ3) is 9.39. The fourth-order valence-electron chi connectivity index (χ4n) is 3.01. The molecule has 0 aliphatic rings. The van der Waals surface area contributed by atoms with Crippen LogP contribution in [-0.2, 0) is 24.0 Å². The van der Waals surface area contributed by atoms with Crippen LogP contribution in [0.1, 0.15) is 54.0 Å². The van der Waals surface area contributed by atoms with E-state index in [1.807, 2.05) is 0 Å². The van der Waals surface area contributed by atoms with Crippen molar-refractivity contribution >= 4 is 35.4 Å². The maximum Gasteiger partial charge on any atom is 0.339 e. The lowest BCUT2D eigenvalue weighted by Gasteiger charge is -2.16. The molecule has 0 aliphatic heterocycles. The van der Waals surface area contributed by atoms with Crippen LogP contribution in [0.15, 0.2) is 78.4 Å². The Balaban J connectivity index is 2.50. The zero-order valence-electron chi connectivity index (χ0n) is 25.2. The molecule has 43 heavy (non-hydrogen) atoms. The summed E-state index contributed by atoms with van der Waals surface area (Å²) in [6, 6.07) is 8.23. The molecule has 2 aromatic rings. The highest BCUT2D eigenvalue weighted by molar-refractivity contribution is 5.99. The van der Waals surface area contributed by atoms with Crippen molar-refractivity contribution in [1.29, 1.82) is 0 Å². The Labute approximate surface area is 250 Å². The molecule has 2 aromatic carbocycles. The van der Waals surface area contributed by atoms with E-state index in [1.54, 1.807) is 20.8 Å². The molecule has 0 unspecified atom stereocenters. The Hall–Kier alpha value is -5.25. The summed E-state index contributed by atoms with van der Waals surface area (Å²) in [7, 11) is 0. The fraction of sp³-hybridized carbons (Fsp3) is 0.242. The van der Waals surface area contributed by atoms with E-state index >= 15 is 0 Å². The lowest BCUT2D eigenvalue weighted by Crippen LogP contribution is -2.16. The summed E-state index contributed by atoms with van der Waals surface area (Å²) in [6.45, 7) is 21.4. The van der Waals surface area contributed by atoms with Crippen molar-refractivity contribution in [2.75, 3.05) is 0 Å². The third-order valence-electron chi connectivity index (χ3n) is 5.69. The third-order valence-corrected chi connectivity index (χ3v) is 5.69. The Morgan fingerprint density at radius 1 is 0.558 bits per heavy atom. The van der Waals surface area contributed by atoms with E-state index < -0.39 is 35.8 Å². The van der Waals surface area contributed by atoms with E-state index in [0.717, 1.165) is 0 Å². The minimum Gasteiger partial charge on any atom is -0.426 e. The lowest BCUT2D eigenvalue weighted by atomic mass is 10.0. The molecule has 0 radical (unpaired) electrons. The smallest absolute Gasteiger partial charge is 0.339 e. The number of allylic oxidation sites excluding steroid dienone is 1. The molecular formula is C33H34O10. The number of hydrogen-bond acceptors (Lipinski definition) is 10. The molecule has 0 saturated carbocycles. The van der Waals surface area contributed by atoms with Gasteiger partial charge in [-0.05, 0) is 64.5 Å². The minimum atomic E-state index is -0.829. The quantitative estimate of drug-likeness (QED) is 0.172. The van der Waals surface area contributed by atoms with E-state index in [4.69, 9.17) is 23.7 Å². The molecular weight excluding hydrogens is 556 g/mol. The summed E-state index contributed by atoms with van der Waals surface area (Å²) in [5.74, 6) is -4.12. The number of hydrogen-bond donors (Lipinski definition) is 0. The van der Waals surface area contributed by atoms with Gasteiger partial charge >= 0.3 is 29.8 Å². The molecule has 2 rings (SSSR count). The van der Waals surface area contributed by atoms with E-state index in [1.165, 1.54) is 64.1 Å². The number of ether oxygens (including phenoxy) is 5. The van der Waals surface area contributed by atoms with E-state index in [-0.39, 0.29) is 51.0 Å². The molecule has 0 N–H and O–H groups in total. The van der Waals surface area contributed by atoms with E-state index in [2.05, 4.69) is 19.7 Å². The Kier molecular flexibility index (Phi) is 11.5. The molecule has 0 fully saturated rings. The molecule has 10 nitrogen and oxygen atoms in total. The molecule has 0 bridgehead atoms. The standard InChI is InChI=1S/C33H34O10/c1-17(2)29(34)39-23-11-13-25(27(15-23)42-31(36)19(5)6)21(9)22(10)33(38)41-26-14-12-24(40-30(35)18(3)4)16-28(26)43-32(37)20(7)8/h11-17H,3,5,7H2,1-2,4,6,8-10H3/b22-21+. The molecule has 226 valence electrons. The topological polar surface area (TPSA) is 132 Å². The van der Waals surface area contributed by atoms with Crippen molar-refractivity contribution in [3.63, 3.8) is 0 Å². The summed E-state index contributed by atoms with van der Waals surface area (Å²) in [5, 5.41) is 0. The fourth-order valence-corrected chi connectivity index (χ4v) is 3.01. The average molecular weight is 591 g/mol. The molecule has 0 aliphatic carbocycles. The van der Waals surface area contributed by atoms with E-state index in [0.29, 0.717) is 11.1 Å². The van der Waals surface area contributed by atoms with Gasteiger partial charge in [0, 0.05) is 40.0 Å². The molecule has 0 atom stereocenters. The average Bonchev–Trinajstić information content (AvgIpc) is 2.93. The molecule has 0 amide bonds. The van der Waals surface area contributed by atoms with Gasteiger partial charge in [-0.1, -0.05) is 33.6 Å². The number of carbonyl (C=O) groups is 5. The normalized spacial score (nSPS) is 11.1. The maximum absolute atomic E-state index is 13.3. The van der Waals surface area contributed by atoms with Crippen molar-refractivity contribution in [3.05, 3.63) is 84.0 Å². The summed E-state index contributed by atoms with van der Waals surface area (Å²) in [5.41, 5.74) is 1.16. The highest BCUT2D eigenvalue weighted by Crippen LogP contribution is 2.36. The van der Waals surface area contributed by atoms with Gasteiger partial charge in [-0.15, -0.1) is 0 Å². The monoisotopic (exact) mass is 590 g/mol. The second kappa shape index (κ2) is 14.6. The molecule has 0 aromatic heterocycles. The second-order valence-corrected chi connectivity index (χ2v) is 9.99. The van der Waals surface area contributed by atoms with Crippen LogP contribution in [0.4, 0.5) is 0 Å². The molecule has 0 heterocycles. The lowest BCUT2D eigenvalue weighted by molar-refractivity contribution is -0.138. The first-order valence-electron chi connectivity index (χ1n) is 13.0. The van der Waals surface area contributed by atoms with Gasteiger partial charge in [-0.3, -0.25) is 4.79 Å². The first-order chi connectivity index (χ1) is 20.0. The number of benzene rings is 2. The van der Waals surface area contributed by atoms with Gasteiger partial charge in [0.1, 0.15) is 17.2 Å². The van der Waals surface area contributed by atoms with Gasteiger partial charge in [0.05, 0.1) is 5.92 Å². The highest BCUT2D eigenvalue weighted by atomic mass is 16.6. The second-order valence-electron chi connectivity index (χ2n) is 9.99. The van der Waals surface area contributed by atoms with Crippen molar-refractivity contribution in [3.8, 4) is 28.7 Å². The van der Waals surface area contributed by atoms with Crippen molar-refractivity contribution < 1.29 is 47.7 Å². The Morgan fingerprint density at radius 2 is 1.00 bits per heavy atom. The summed E-state index contributed by atoms with van der Waals surface area (Å²) < 4.78 is 26.9. The summed E-state index contributed by atoms with van der Waals surface area (Å²) in [6.07, 6.45) is 0. The van der Waals surface area contributed by atoms with Gasteiger partial charge in [0.2, 0.25) is 0 Å². The van der Waals surface area contributed by atoms with Crippen LogP contribution in [0, 0.1) is 5.92 Å². The van der Waals surface area contributed by atoms with Crippen molar-refractivity contribution in [2.24, 2.45) is 5.92 Å². The van der Waals surface area contributed by atoms with Crippen LogP contribution in [0.2, 0.25) is 0 Å². The largest absolute Gasteiger partial charge is 0.426 e. The summed E-state index contributed by atoms with van der Waals surface area (Å²) >= 11 is 0. The van der Waals surface area contributed by atoms with Crippen LogP contribution < -0.4 is 23.7 Å². The molecule has 10 heteroatoms. The minimum absolute atomic E-state index is 0.0167. The SMILES string of the molecule is C=C(C)C(=O)Oc1ccc(OC(=O)/C(C)=C(\C)c2ccc(OC(=O)C(C)C)cc2OC(=O)C(=C)C)c(OC(=O)C(=C)C)c1. The van der Waals surface area contributed by atoms with Gasteiger partial charge in [-0.25, -0.2) is 19.2 Å². The summed E-state index contributed by atoms with van der Waals surface area (Å²) in [4.78, 5) is 61.9. The van der Waals surface area contributed by atoms with Crippen LogP contribution >= 0.6 is 0 Å². The van der Waals surface area contributed by atoms with Crippen molar-refractivity contribution in [2.45, 2.75) is 48.5 Å². The zero-order valence-corrected chi connectivity index (χ0v) is 25.2. The van der Waals surface area contributed by atoms with Gasteiger partial charge in [0.15, 0.2) is 11.5 Å². The number of rotatable bonds is 11. The maximum atomic E-state index is 13.3. The Bertz CT molecular complexity index is 1560. The van der Waals surface area contributed by atoms with Gasteiger partial charge < -0.3 is 23.7 Å². The molecule has 0 spiro atoms. The first-order valence-corrected chi connectivity index (χ1v) is 13.0. The van der Waals surface area contributed by atoms with Crippen LogP contribution in [0.3, 0.4) is 0 Å². The van der Waals surface area contributed by atoms with Crippen LogP contribution in [-0.4, -0.2) is 29.8 Å². The predicted octanol–water partition coefficient (Wildman–Crippen LogP) is 6.09. The predicted molar refractivity (Wildman–Crippen MR) is 159 cm³/mol. The van der Waals surface area contributed by atoms with Crippen LogP contribution in [0.25, 0.3) is 5.57 Å². The number of carbonyl (C=O) groups excluding carboxylic acids is 5. The van der Waals surface area contributed by atoms with Crippen LogP contribution in [0.5, 0.6) is 28.7 Å². The zero-order chi connectivity index (χ0) is 32.6. The first kappa shape index (κ1) is 34.0. The van der Waals surface area contributed by atoms with E-state index in [9.17, 15) is 24.0 Å². The van der Waals surface area contributed by atoms with Crippen molar-refractivity contribution in [1.82, 2.24) is 0 Å². The highest BCUT2D eigenvalue weighted by Gasteiger charge is 2.22. The molecule has 0 saturated heterocycles. The number of esters is 5. The van der Waals surface area contributed by atoms with Gasteiger partial charge in [-0.2, -0.15) is 0 Å². The van der Waals surface area contributed by atoms with Gasteiger partial charge in [0.25, 0.3) is 0 Å². The Morgan fingerprint density at radius 3 is 1.53 bits per heavy atom.